The van der Waals surface area contributed by atoms with E-state index in [1.54, 1.807) is 7.11 Å². The summed E-state index contributed by atoms with van der Waals surface area (Å²) in [5.74, 6) is 0.0961. The van der Waals surface area contributed by atoms with Gasteiger partial charge in [0.1, 0.15) is 0 Å². The van der Waals surface area contributed by atoms with E-state index in [2.05, 4.69) is 5.32 Å². The molecule has 0 heterocycles. The molecule has 106 valence electrons. The van der Waals surface area contributed by atoms with Crippen LogP contribution in [0.1, 0.15) is 30.9 Å². The highest BCUT2D eigenvalue weighted by Gasteiger charge is 2.12. The lowest BCUT2D eigenvalue weighted by atomic mass is 10.0. The summed E-state index contributed by atoms with van der Waals surface area (Å²) < 4.78 is 5.15. The Morgan fingerprint density at radius 2 is 2.05 bits per heavy atom. The van der Waals surface area contributed by atoms with Crippen LogP contribution in [0.3, 0.4) is 0 Å². The highest BCUT2D eigenvalue weighted by molar-refractivity contribution is 5.78. The standard InChI is InChI=1S/C15H24N2O2/c1-12(6-5-9-16)15(18)17-10-13-7-3-4-8-14(13)11-19-2/h3-4,7-8,12H,5-6,9-11,16H2,1-2H3,(H,17,18). The van der Waals surface area contributed by atoms with Crippen LogP contribution in [-0.2, 0) is 22.7 Å². The van der Waals surface area contributed by atoms with E-state index in [4.69, 9.17) is 10.5 Å². The first-order chi connectivity index (χ1) is 9.19. The molecular weight excluding hydrogens is 240 g/mol. The lowest BCUT2D eigenvalue weighted by molar-refractivity contribution is -0.124. The number of amides is 1. The largest absolute Gasteiger partial charge is 0.380 e. The van der Waals surface area contributed by atoms with E-state index >= 15 is 0 Å². The molecular formula is C15H24N2O2. The van der Waals surface area contributed by atoms with Crippen molar-refractivity contribution >= 4 is 5.91 Å². The van der Waals surface area contributed by atoms with E-state index in [1.807, 2.05) is 31.2 Å². The molecule has 0 radical (unpaired) electrons. The van der Waals surface area contributed by atoms with Crippen molar-refractivity contribution in [3.8, 4) is 0 Å². The summed E-state index contributed by atoms with van der Waals surface area (Å²) in [5, 5.41) is 2.97. The second-order valence-corrected chi connectivity index (χ2v) is 4.75. The topological polar surface area (TPSA) is 64.3 Å². The Labute approximate surface area is 115 Å². The highest BCUT2D eigenvalue weighted by Crippen LogP contribution is 2.11. The summed E-state index contributed by atoms with van der Waals surface area (Å²) >= 11 is 0. The van der Waals surface area contributed by atoms with E-state index in [0.717, 1.165) is 24.0 Å². The van der Waals surface area contributed by atoms with Gasteiger partial charge in [0, 0.05) is 19.6 Å². The molecule has 0 aliphatic carbocycles. The zero-order valence-corrected chi connectivity index (χ0v) is 11.8. The van der Waals surface area contributed by atoms with Crippen molar-refractivity contribution in [1.82, 2.24) is 5.32 Å². The number of hydrogen-bond acceptors (Lipinski definition) is 3. The van der Waals surface area contributed by atoms with E-state index in [0.29, 0.717) is 19.7 Å². The highest BCUT2D eigenvalue weighted by atomic mass is 16.5. The van der Waals surface area contributed by atoms with E-state index in [9.17, 15) is 4.79 Å². The molecule has 3 N–H and O–H groups in total. The maximum absolute atomic E-state index is 11.9. The van der Waals surface area contributed by atoms with E-state index in [1.165, 1.54) is 0 Å². The van der Waals surface area contributed by atoms with Crippen molar-refractivity contribution in [3.05, 3.63) is 35.4 Å². The van der Waals surface area contributed by atoms with Crippen LogP contribution in [0.5, 0.6) is 0 Å². The van der Waals surface area contributed by atoms with Gasteiger partial charge in [-0.1, -0.05) is 31.2 Å². The number of carbonyl (C=O) groups excluding carboxylic acids is 1. The van der Waals surface area contributed by atoms with Crippen molar-refractivity contribution in [3.63, 3.8) is 0 Å². The third-order valence-electron chi connectivity index (χ3n) is 3.16. The van der Waals surface area contributed by atoms with Gasteiger partial charge in [0.05, 0.1) is 6.61 Å². The van der Waals surface area contributed by atoms with Crippen molar-refractivity contribution in [2.75, 3.05) is 13.7 Å². The molecule has 1 rings (SSSR count). The van der Waals surface area contributed by atoms with Crippen LogP contribution >= 0.6 is 0 Å². The molecule has 0 spiro atoms. The van der Waals surface area contributed by atoms with Crippen LogP contribution in [0, 0.1) is 5.92 Å². The average molecular weight is 264 g/mol. The second kappa shape index (κ2) is 8.67. The monoisotopic (exact) mass is 264 g/mol. The van der Waals surface area contributed by atoms with Gasteiger partial charge in [0.25, 0.3) is 0 Å². The zero-order valence-electron chi connectivity index (χ0n) is 11.8. The third-order valence-corrected chi connectivity index (χ3v) is 3.16. The molecule has 0 saturated carbocycles. The van der Waals surface area contributed by atoms with E-state index < -0.39 is 0 Å². The fourth-order valence-corrected chi connectivity index (χ4v) is 1.94. The summed E-state index contributed by atoms with van der Waals surface area (Å²) in [5.41, 5.74) is 7.66. The lowest BCUT2D eigenvalue weighted by Gasteiger charge is -2.13. The smallest absolute Gasteiger partial charge is 0.223 e. The Bertz CT molecular complexity index is 393. The van der Waals surface area contributed by atoms with Gasteiger partial charge in [0.15, 0.2) is 0 Å². The fraction of sp³-hybridized carbons (Fsp3) is 0.533. The number of rotatable bonds is 8. The predicted molar refractivity (Wildman–Crippen MR) is 76.5 cm³/mol. The fourth-order valence-electron chi connectivity index (χ4n) is 1.94. The minimum atomic E-state index is 0.0122. The summed E-state index contributed by atoms with van der Waals surface area (Å²) in [7, 11) is 1.67. The van der Waals surface area contributed by atoms with Crippen LogP contribution in [0.15, 0.2) is 24.3 Å². The van der Waals surface area contributed by atoms with Gasteiger partial charge in [-0.3, -0.25) is 4.79 Å². The molecule has 0 aliphatic rings. The maximum Gasteiger partial charge on any atom is 0.223 e. The molecule has 0 aromatic heterocycles. The maximum atomic E-state index is 11.9. The Balaban J connectivity index is 2.49. The predicted octanol–water partition coefficient (Wildman–Crippen LogP) is 1.82. The molecule has 19 heavy (non-hydrogen) atoms. The van der Waals surface area contributed by atoms with Gasteiger partial charge in [-0.05, 0) is 30.5 Å². The Kier molecular flexibility index (Phi) is 7.15. The molecule has 4 heteroatoms. The van der Waals surface area contributed by atoms with Gasteiger partial charge >= 0.3 is 0 Å². The molecule has 0 bridgehead atoms. The quantitative estimate of drug-likeness (QED) is 0.753. The molecule has 1 unspecified atom stereocenters. The number of ether oxygens (including phenoxy) is 1. The molecule has 4 nitrogen and oxygen atoms in total. The van der Waals surface area contributed by atoms with Crippen molar-refractivity contribution in [2.24, 2.45) is 11.7 Å². The Hall–Kier alpha value is -1.39. The molecule has 0 aliphatic heterocycles. The average Bonchev–Trinajstić information content (AvgIpc) is 2.43. The molecule has 1 aromatic carbocycles. The van der Waals surface area contributed by atoms with Gasteiger partial charge in [0.2, 0.25) is 5.91 Å². The number of nitrogens with one attached hydrogen (secondary N) is 1. The zero-order chi connectivity index (χ0) is 14.1. The molecule has 0 saturated heterocycles. The van der Waals surface area contributed by atoms with Crippen LogP contribution < -0.4 is 11.1 Å². The number of hydrogen-bond donors (Lipinski definition) is 2. The van der Waals surface area contributed by atoms with Crippen LogP contribution in [0.2, 0.25) is 0 Å². The minimum Gasteiger partial charge on any atom is -0.380 e. The Morgan fingerprint density at radius 3 is 2.68 bits per heavy atom. The minimum absolute atomic E-state index is 0.0122. The van der Waals surface area contributed by atoms with Crippen LogP contribution in [0.4, 0.5) is 0 Å². The molecule has 1 atom stereocenters. The van der Waals surface area contributed by atoms with Gasteiger partial charge in [-0.25, -0.2) is 0 Å². The Morgan fingerprint density at radius 1 is 1.37 bits per heavy atom. The van der Waals surface area contributed by atoms with Gasteiger partial charge in [-0.15, -0.1) is 0 Å². The third kappa shape index (κ3) is 5.41. The molecule has 0 fully saturated rings. The number of carbonyl (C=O) groups is 1. The normalized spacial score (nSPS) is 12.2. The SMILES string of the molecule is COCc1ccccc1CNC(=O)C(C)CCCN. The first-order valence-electron chi connectivity index (χ1n) is 6.72. The van der Waals surface area contributed by atoms with Crippen LogP contribution in [0.25, 0.3) is 0 Å². The number of benzene rings is 1. The van der Waals surface area contributed by atoms with E-state index in [-0.39, 0.29) is 11.8 Å². The second-order valence-electron chi connectivity index (χ2n) is 4.75. The number of methoxy groups -OCH3 is 1. The lowest BCUT2D eigenvalue weighted by Crippen LogP contribution is -2.29. The summed E-state index contributed by atoms with van der Waals surface area (Å²) in [6, 6.07) is 7.98. The number of nitrogens with two attached hydrogens (primary N) is 1. The summed E-state index contributed by atoms with van der Waals surface area (Å²) in [6.07, 6.45) is 1.72. The van der Waals surface area contributed by atoms with Crippen LogP contribution in [-0.4, -0.2) is 19.6 Å². The van der Waals surface area contributed by atoms with Crippen molar-refractivity contribution in [2.45, 2.75) is 32.9 Å². The molecule has 1 amide bonds. The molecule has 1 aromatic rings. The first-order valence-corrected chi connectivity index (χ1v) is 6.72. The first kappa shape index (κ1) is 15.7. The van der Waals surface area contributed by atoms with Crippen molar-refractivity contribution in [1.29, 1.82) is 0 Å². The van der Waals surface area contributed by atoms with Gasteiger partial charge in [-0.2, -0.15) is 0 Å². The summed E-state index contributed by atoms with van der Waals surface area (Å²) in [6.45, 7) is 3.68. The van der Waals surface area contributed by atoms with Gasteiger partial charge < -0.3 is 15.8 Å². The summed E-state index contributed by atoms with van der Waals surface area (Å²) in [4.78, 5) is 11.9. The van der Waals surface area contributed by atoms with Crippen molar-refractivity contribution < 1.29 is 9.53 Å².